The highest BCUT2D eigenvalue weighted by Gasteiger charge is 2.27. The summed E-state index contributed by atoms with van der Waals surface area (Å²) in [5, 5.41) is 10.5. The van der Waals surface area contributed by atoms with Crippen LogP contribution in [0.2, 0.25) is 0 Å². The van der Waals surface area contributed by atoms with Crippen molar-refractivity contribution in [3.05, 3.63) is 99.2 Å². The highest BCUT2D eigenvalue weighted by Crippen LogP contribution is 2.31. The molecule has 0 saturated carbocycles. The summed E-state index contributed by atoms with van der Waals surface area (Å²) in [6.07, 6.45) is 2.91. The molecule has 2 aliphatic rings. The van der Waals surface area contributed by atoms with E-state index in [-0.39, 0.29) is 92.5 Å². The summed E-state index contributed by atoms with van der Waals surface area (Å²) in [6.45, 7) is 2.01. The van der Waals surface area contributed by atoms with E-state index in [4.69, 9.17) is 22.1 Å². The second-order valence-corrected chi connectivity index (χ2v) is 14.7. The number of fused-ring (bicyclic) bond motifs is 2. The Hall–Kier alpha value is -6.36. The summed E-state index contributed by atoms with van der Waals surface area (Å²) in [7, 11) is 0. The number of hydrogen-bond acceptors (Lipinski definition) is 9. The molecule has 0 atom stereocenters. The molecule has 0 unspecified atom stereocenters. The number of primary amides is 1. The van der Waals surface area contributed by atoms with Crippen molar-refractivity contribution in [2.24, 2.45) is 5.73 Å². The number of rotatable bonds is 15. The first kappa shape index (κ1) is 43.2. The van der Waals surface area contributed by atoms with Crippen LogP contribution in [0.4, 0.5) is 14.9 Å². The largest absolute Gasteiger partial charge is 0.484 e. The van der Waals surface area contributed by atoms with E-state index in [2.05, 4.69) is 15.7 Å². The van der Waals surface area contributed by atoms with Gasteiger partial charge in [-0.1, -0.05) is 24.3 Å². The van der Waals surface area contributed by atoms with Gasteiger partial charge in [-0.3, -0.25) is 28.8 Å². The van der Waals surface area contributed by atoms with E-state index in [0.717, 1.165) is 24.1 Å². The fraction of sp³-hybridized carbons (Fsp3) is 0.381. The number of halogens is 2. The number of anilines is 1. The number of hydrogen-bond donors (Lipinski definition) is 3. The molecule has 1 saturated heterocycles. The highest BCUT2D eigenvalue weighted by molar-refractivity contribution is 6.29. The van der Waals surface area contributed by atoms with Gasteiger partial charge in [-0.15, -0.1) is 16.3 Å². The Morgan fingerprint density at radius 1 is 0.817 bits per heavy atom. The van der Waals surface area contributed by atoms with E-state index in [1.165, 1.54) is 23.1 Å². The monoisotopic (exact) mass is 844 g/mol. The number of carbonyl (C=O) groups excluding carboxylic acids is 6. The molecule has 60 heavy (non-hydrogen) atoms. The summed E-state index contributed by atoms with van der Waals surface area (Å²) < 4.78 is 21.2. The van der Waals surface area contributed by atoms with Crippen molar-refractivity contribution in [1.29, 1.82) is 0 Å². The van der Waals surface area contributed by atoms with E-state index in [1.807, 2.05) is 6.07 Å². The van der Waals surface area contributed by atoms with E-state index in [1.54, 1.807) is 46.2 Å². The lowest BCUT2D eigenvalue weighted by Gasteiger charge is -2.35. The van der Waals surface area contributed by atoms with Crippen LogP contribution in [0.3, 0.4) is 0 Å². The average molecular weight is 845 g/mol. The molecule has 0 radical (unpaired) electrons. The standard InChI is InChI=1S/C42H46ClFN8O8/c43-25-39(56)51-17-5-6-28-24-29(10-12-35(28)51)60-26-37(54)47-16-4-3-15-46-36(53)13-14-38(55)49-18-20-50(21-19-49)40(57)32-22-27(9-11-33(32)44)23-34-30-7-1-2-8-31(30)41(58)52(48-34)42(45)59/h1-2,7-12,22,24H,3-6,13-21,23,25-26H2,(H2,45,59)(H,46,53)(H,47,54). The first-order chi connectivity index (χ1) is 28.9. The minimum absolute atomic E-state index is 0.00503. The van der Waals surface area contributed by atoms with Gasteiger partial charge in [0.1, 0.15) is 17.4 Å². The van der Waals surface area contributed by atoms with Crippen LogP contribution in [-0.2, 0) is 32.0 Å². The summed E-state index contributed by atoms with van der Waals surface area (Å²) in [4.78, 5) is 92.5. The van der Waals surface area contributed by atoms with Crippen molar-refractivity contribution < 1.29 is 37.9 Å². The van der Waals surface area contributed by atoms with Gasteiger partial charge >= 0.3 is 6.03 Å². The third-order valence-electron chi connectivity index (χ3n) is 10.4. The third-order valence-corrected chi connectivity index (χ3v) is 10.6. The average Bonchev–Trinajstić information content (AvgIpc) is 3.26. The Labute approximate surface area is 349 Å². The summed E-state index contributed by atoms with van der Waals surface area (Å²) in [5.41, 5.74) is 7.19. The molecule has 16 nitrogen and oxygen atoms in total. The number of aryl methyl sites for hydroxylation is 1. The number of piperazine rings is 1. The zero-order valence-corrected chi connectivity index (χ0v) is 33.7. The topological polar surface area (TPSA) is 206 Å². The van der Waals surface area contributed by atoms with Crippen LogP contribution in [0.15, 0.2) is 65.5 Å². The minimum atomic E-state index is -1.04. The fourth-order valence-corrected chi connectivity index (χ4v) is 7.42. The number of benzene rings is 3. The molecule has 6 rings (SSSR count). The van der Waals surface area contributed by atoms with Crippen LogP contribution in [0.1, 0.15) is 59.3 Å². The van der Waals surface area contributed by atoms with Crippen molar-refractivity contribution in [3.8, 4) is 5.75 Å². The first-order valence-electron chi connectivity index (χ1n) is 19.7. The molecule has 0 aliphatic carbocycles. The highest BCUT2D eigenvalue weighted by atomic mass is 35.5. The van der Waals surface area contributed by atoms with Gasteiger partial charge in [0.15, 0.2) is 6.61 Å². The van der Waals surface area contributed by atoms with E-state index in [9.17, 15) is 33.6 Å². The number of nitrogens with two attached hydrogens (primary N) is 1. The number of aromatic nitrogens is 2. The quantitative estimate of drug-likeness (QED) is 0.119. The zero-order chi connectivity index (χ0) is 42.8. The Kier molecular flexibility index (Phi) is 14.5. The Bertz CT molecular complexity index is 2350. The van der Waals surface area contributed by atoms with E-state index >= 15 is 4.39 Å². The minimum Gasteiger partial charge on any atom is -0.484 e. The first-order valence-corrected chi connectivity index (χ1v) is 20.3. The van der Waals surface area contributed by atoms with Crippen LogP contribution in [0, 0.1) is 5.82 Å². The number of carbonyl (C=O) groups is 6. The number of ether oxygens (including phenoxy) is 1. The molecule has 316 valence electrons. The van der Waals surface area contributed by atoms with Gasteiger partial charge in [0.2, 0.25) is 17.7 Å². The molecule has 0 spiro atoms. The second-order valence-electron chi connectivity index (χ2n) is 14.5. The van der Waals surface area contributed by atoms with Gasteiger partial charge < -0.3 is 35.8 Å². The van der Waals surface area contributed by atoms with Crippen molar-refractivity contribution in [2.45, 2.75) is 44.9 Å². The van der Waals surface area contributed by atoms with Crippen molar-refractivity contribution >= 4 is 63.6 Å². The molecule has 0 bridgehead atoms. The molecular weight excluding hydrogens is 799 g/mol. The smallest absolute Gasteiger partial charge is 0.342 e. The van der Waals surface area contributed by atoms with Gasteiger partial charge in [0, 0.05) is 76.1 Å². The van der Waals surface area contributed by atoms with Crippen LogP contribution < -0.4 is 31.6 Å². The van der Waals surface area contributed by atoms with Gasteiger partial charge in [-0.25, -0.2) is 9.18 Å². The van der Waals surface area contributed by atoms with E-state index in [0.29, 0.717) is 59.6 Å². The lowest BCUT2D eigenvalue weighted by Crippen LogP contribution is -2.50. The summed E-state index contributed by atoms with van der Waals surface area (Å²) in [5.74, 6) is -1.76. The van der Waals surface area contributed by atoms with Crippen LogP contribution in [-0.4, -0.2) is 113 Å². The molecule has 1 fully saturated rings. The number of alkyl halides is 1. The number of nitrogens with zero attached hydrogens (tertiary/aromatic N) is 5. The number of amides is 6. The number of nitrogens with one attached hydrogen (secondary N) is 2. The van der Waals surface area contributed by atoms with E-state index < -0.39 is 23.3 Å². The molecule has 1 aromatic heterocycles. The molecule has 3 aromatic carbocycles. The van der Waals surface area contributed by atoms with Crippen LogP contribution in [0.25, 0.3) is 10.8 Å². The molecule has 4 aromatic rings. The number of unbranched alkanes of at least 4 members (excludes halogenated alkanes) is 1. The van der Waals surface area contributed by atoms with Gasteiger partial charge in [-0.2, -0.15) is 5.10 Å². The molecule has 2 aliphatic heterocycles. The third kappa shape index (κ3) is 10.6. The normalized spacial score (nSPS) is 13.7. The molecule has 3 heterocycles. The Morgan fingerprint density at radius 3 is 2.23 bits per heavy atom. The molecule has 4 N–H and O–H groups in total. The van der Waals surface area contributed by atoms with Crippen molar-refractivity contribution in [2.75, 3.05) is 63.2 Å². The van der Waals surface area contributed by atoms with Gasteiger partial charge in [0.25, 0.3) is 17.4 Å². The fourth-order valence-electron chi connectivity index (χ4n) is 7.27. The van der Waals surface area contributed by atoms with Crippen LogP contribution in [0.5, 0.6) is 5.75 Å². The lowest BCUT2D eigenvalue weighted by molar-refractivity contribution is -0.134. The SMILES string of the molecule is NC(=O)n1nc(Cc2ccc(F)c(C(=O)N3CCN(C(=O)CCC(=O)NCCCCNC(=O)COc4ccc5c(c4)CCCN5C(=O)CCl)CC3)c2)c2ccccc2c1=O. The maximum atomic E-state index is 15.0. The van der Waals surface area contributed by atoms with Gasteiger partial charge in [0.05, 0.1) is 16.6 Å². The van der Waals surface area contributed by atoms with Gasteiger partial charge in [-0.05, 0) is 73.2 Å². The zero-order valence-electron chi connectivity index (χ0n) is 32.9. The predicted molar refractivity (Wildman–Crippen MR) is 220 cm³/mol. The maximum absolute atomic E-state index is 15.0. The molecule has 18 heteroatoms. The predicted octanol–water partition coefficient (Wildman–Crippen LogP) is 2.73. The second kappa shape index (κ2) is 20.1. The molecular formula is C42H46ClFN8O8. The maximum Gasteiger partial charge on any atom is 0.342 e. The summed E-state index contributed by atoms with van der Waals surface area (Å²) >= 11 is 5.74. The van der Waals surface area contributed by atoms with Crippen molar-refractivity contribution in [1.82, 2.24) is 30.2 Å². The van der Waals surface area contributed by atoms with Crippen molar-refractivity contribution in [3.63, 3.8) is 0 Å². The van der Waals surface area contributed by atoms with Crippen LogP contribution >= 0.6 is 11.6 Å². The molecule has 6 amide bonds. The Morgan fingerprint density at radius 2 is 1.52 bits per heavy atom. The Balaban J connectivity index is 0.869. The lowest BCUT2D eigenvalue weighted by atomic mass is 10.0. The summed E-state index contributed by atoms with van der Waals surface area (Å²) in [6, 6.07) is 15.0.